The van der Waals surface area contributed by atoms with Gasteiger partial charge in [0.1, 0.15) is 11.6 Å². The number of benzene rings is 2. The van der Waals surface area contributed by atoms with E-state index in [1.807, 2.05) is 12.1 Å². The Balaban J connectivity index is 2.02. The zero-order chi connectivity index (χ0) is 19.4. The summed E-state index contributed by atoms with van der Waals surface area (Å²) in [6, 6.07) is 19.7. The summed E-state index contributed by atoms with van der Waals surface area (Å²) in [5.41, 5.74) is 3.43. The molecular formula is C20H17N5O2. The highest BCUT2D eigenvalue weighted by molar-refractivity contribution is 6.51. The van der Waals surface area contributed by atoms with Gasteiger partial charge in [0.15, 0.2) is 0 Å². The van der Waals surface area contributed by atoms with E-state index >= 15 is 0 Å². The second-order valence-electron chi connectivity index (χ2n) is 5.82. The van der Waals surface area contributed by atoms with E-state index in [1.165, 1.54) is 4.68 Å². The summed E-state index contributed by atoms with van der Waals surface area (Å²) in [5, 5.41) is 13.2. The van der Waals surface area contributed by atoms with Crippen molar-refractivity contribution in [2.75, 3.05) is 5.43 Å². The van der Waals surface area contributed by atoms with Crippen molar-refractivity contribution in [3.63, 3.8) is 0 Å². The molecule has 27 heavy (non-hydrogen) atoms. The molecule has 0 atom stereocenters. The van der Waals surface area contributed by atoms with E-state index in [1.54, 1.807) is 73.3 Å². The highest BCUT2D eigenvalue weighted by Crippen LogP contribution is 2.12. The van der Waals surface area contributed by atoms with Crippen LogP contribution in [0.5, 0.6) is 0 Å². The average molecular weight is 359 g/mol. The first-order chi connectivity index (χ1) is 13.0. The lowest BCUT2D eigenvalue weighted by Crippen LogP contribution is -2.25. The highest BCUT2D eigenvalue weighted by atomic mass is 16.2. The van der Waals surface area contributed by atoms with Gasteiger partial charge in [0, 0.05) is 12.7 Å². The maximum Gasteiger partial charge on any atom is 0.283 e. The van der Waals surface area contributed by atoms with E-state index in [0.29, 0.717) is 17.1 Å². The van der Waals surface area contributed by atoms with E-state index < -0.39 is 11.3 Å². The van der Waals surface area contributed by atoms with Gasteiger partial charge in [-0.3, -0.25) is 19.7 Å². The zero-order valence-corrected chi connectivity index (χ0v) is 14.9. The van der Waals surface area contributed by atoms with Crippen molar-refractivity contribution in [3.05, 3.63) is 82.3 Å². The van der Waals surface area contributed by atoms with Gasteiger partial charge in [-0.2, -0.15) is 10.4 Å². The maximum absolute atomic E-state index is 12.9. The fraction of sp³-hybridized carbons (Fsp3) is 0.100. The molecule has 3 rings (SSSR count). The smallest absolute Gasteiger partial charge is 0.283 e. The lowest BCUT2D eigenvalue weighted by atomic mass is 10.1. The number of anilines is 1. The van der Waals surface area contributed by atoms with Crippen LogP contribution < -0.4 is 11.0 Å². The lowest BCUT2D eigenvalue weighted by molar-refractivity contribution is 0.106. The van der Waals surface area contributed by atoms with Gasteiger partial charge < -0.3 is 0 Å². The van der Waals surface area contributed by atoms with Gasteiger partial charge in [0.05, 0.1) is 11.4 Å². The van der Waals surface area contributed by atoms with Gasteiger partial charge in [0.25, 0.3) is 5.56 Å². The van der Waals surface area contributed by atoms with Crippen LogP contribution in [0, 0.1) is 18.3 Å². The van der Waals surface area contributed by atoms with Gasteiger partial charge in [-0.15, -0.1) is 0 Å². The van der Waals surface area contributed by atoms with Crippen LogP contribution in [0.15, 0.2) is 70.6 Å². The highest BCUT2D eigenvalue weighted by Gasteiger charge is 2.26. The number of rotatable bonds is 5. The van der Waals surface area contributed by atoms with Gasteiger partial charge >= 0.3 is 0 Å². The normalized spacial score (nSPS) is 11.1. The molecule has 0 aliphatic carbocycles. The quantitative estimate of drug-likeness (QED) is 0.431. The first-order valence-electron chi connectivity index (χ1n) is 8.22. The lowest BCUT2D eigenvalue weighted by Gasteiger charge is -2.07. The van der Waals surface area contributed by atoms with E-state index in [0.717, 1.165) is 0 Å². The molecule has 0 saturated heterocycles. The Morgan fingerprint density at radius 3 is 2.26 bits per heavy atom. The molecule has 1 heterocycles. The van der Waals surface area contributed by atoms with E-state index in [-0.39, 0.29) is 11.3 Å². The van der Waals surface area contributed by atoms with E-state index in [2.05, 4.69) is 10.5 Å². The Morgan fingerprint density at radius 1 is 1.07 bits per heavy atom. The van der Waals surface area contributed by atoms with Crippen LogP contribution in [-0.4, -0.2) is 20.9 Å². The first kappa shape index (κ1) is 17.9. The van der Waals surface area contributed by atoms with Crippen molar-refractivity contribution in [1.29, 1.82) is 5.26 Å². The number of hydrogen-bond acceptors (Lipinski definition) is 5. The second kappa shape index (κ2) is 7.54. The molecule has 3 aromatic rings. The number of hydrogen-bond donors (Lipinski definition) is 1. The van der Waals surface area contributed by atoms with Crippen molar-refractivity contribution in [3.8, 4) is 11.8 Å². The molecule has 2 aromatic carbocycles. The number of Topliss-reactive ketones (excluding diaryl/α,β-unsaturated/α-hetero) is 1. The molecule has 0 bridgehead atoms. The third-order valence-electron chi connectivity index (χ3n) is 4.17. The molecule has 0 amide bonds. The minimum atomic E-state index is -0.714. The van der Waals surface area contributed by atoms with Crippen LogP contribution in [0.1, 0.15) is 16.1 Å². The second-order valence-corrected chi connectivity index (χ2v) is 5.82. The maximum atomic E-state index is 12.9. The fourth-order valence-electron chi connectivity index (χ4n) is 2.71. The molecule has 0 radical (unpaired) electrons. The summed E-state index contributed by atoms with van der Waals surface area (Å²) in [5.74, 6) is -0.714. The Kier molecular flexibility index (Phi) is 4.99. The van der Waals surface area contributed by atoms with Crippen LogP contribution in [-0.2, 0) is 7.05 Å². The van der Waals surface area contributed by atoms with Crippen LogP contribution in [0.4, 0.5) is 5.69 Å². The van der Waals surface area contributed by atoms with Gasteiger partial charge in [-0.25, -0.2) is 4.68 Å². The summed E-state index contributed by atoms with van der Waals surface area (Å²) >= 11 is 0. The number of para-hydroxylation sites is 2. The van der Waals surface area contributed by atoms with Crippen molar-refractivity contribution >= 4 is 17.2 Å². The number of hydrazone groups is 1. The summed E-state index contributed by atoms with van der Waals surface area (Å²) in [7, 11) is 1.69. The summed E-state index contributed by atoms with van der Waals surface area (Å²) in [6.45, 7) is 1.66. The Labute approximate surface area is 155 Å². The number of aromatic nitrogens is 2. The van der Waals surface area contributed by atoms with Crippen molar-refractivity contribution in [2.24, 2.45) is 12.1 Å². The zero-order valence-electron chi connectivity index (χ0n) is 14.9. The fourth-order valence-corrected chi connectivity index (χ4v) is 2.71. The minimum Gasteiger partial charge on any atom is -0.286 e. The summed E-state index contributed by atoms with van der Waals surface area (Å²) in [4.78, 5) is 25.7. The van der Waals surface area contributed by atoms with Gasteiger partial charge in [-0.1, -0.05) is 36.4 Å². The monoisotopic (exact) mass is 359 g/mol. The van der Waals surface area contributed by atoms with Crippen LogP contribution >= 0.6 is 0 Å². The predicted octanol–water partition coefficient (Wildman–Crippen LogP) is 2.66. The third kappa shape index (κ3) is 3.41. The minimum absolute atomic E-state index is 0.0727. The van der Waals surface area contributed by atoms with E-state index in [9.17, 15) is 14.9 Å². The molecule has 7 nitrogen and oxygen atoms in total. The molecule has 0 saturated carbocycles. The molecule has 1 aromatic heterocycles. The van der Waals surface area contributed by atoms with Crippen molar-refractivity contribution in [2.45, 2.75) is 6.92 Å². The predicted molar refractivity (Wildman–Crippen MR) is 103 cm³/mol. The molecular weight excluding hydrogens is 342 g/mol. The number of ketones is 1. The number of carbonyl (C=O) groups is 1. The number of nitrogens with zero attached hydrogens (tertiary/aromatic N) is 4. The summed E-state index contributed by atoms with van der Waals surface area (Å²) in [6.07, 6.45) is 0. The van der Waals surface area contributed by atoms with Crippen molar-refractivity contribution in [1.82, 2.24) is 9.36 Å². The van der Waals surface area contributed by atoms with Crippen LogP contribution in [0.25, 0.3) is 5.69 Å². The number of nitrogens with one attached hydrogen (secondary N) is 1. The molecule has 0 spiro atoms. The van der Waals surface area contributed by atoms with Crippen molar-refractivity contribution < 1.29 is 4.79 Å². The first-order valence-corrected chi connectivity index (χ1v) is 8.22. The third-order valence-corrected chi connectivity index (χ3v) is 4.17. The Morgan fingerprint density at radius 2 is 1.67 bits per heavy atom. The van der Waals surface area contributed by atoms with Gasteiger partial charge in [0.2, 0.25) is 11.5 Å². The van der Waals surface area contributed by atoms with Crippen LogP contribution in [0.2, 0.25) is 0 Å². The number of carbonyl (C=O) groups excluding carboxylic acids is 1. The Hall–Kier alpha value is -3.92. The average Bonchev–Trinajstić information content (AvgIpc) is 2.92. The van der Waals surface area contributed by atoms with Crippen LogP contribution in [0.3, 0.4) is 0 Å². The molecule has 0 aliphatic rings. The largest absolute Gasteiger partial charge is 0.286 e. The molecule has 0 aliphatic heterocycles. The SMILES string of the molecule is Cc1c(C(=O)/C(C#N)=N/Nc2ccccc2)c(=O)n(-c2ccccc2)n1C. The topological polar surface area (TPSA) is 92.2 Å². The Bertz CT molecular complexity index is 1100. The standard InChI is InChI=1S/C20H17N5O2/c1-14-18(20(27)25(24(14)2)16-11-7-4-8-12-16)19(26)17(13-21)23-22-15-9-5-3-6-10-15/h3-12,22H,1-2H3/b23-17+. The van der Waals surface area contributed by atoms with E-state index in [4.69, 9.17) is 0 Å². The molecule has 134 valence electrons. The molecule has 0 fully saturated rings. The number of nitriles is 1. The summed E-state index contributed by atoms with van der Waals surface area (Å²) < 4.78 is 2.98. The molecule has 0 unspecified atom stereocenters. The molecule has 7 heteroatoms. The van der Waals surface area contributed by atoms with Gasteiger partial charge in [-0.05, 0) is 31.2 Å². The molecule has 1 N–H and O–H groups in total.